The van der Waals surface area contributed by atoms with Gasteiger partial charge in [0, 0.05) is 19.5 Å². The first-order chi connectivity index (χ1) is 12.3. The number of para-hydroxylation sites is 1. The molecule has 2 aliphatic heterocycles. The number of carbonyl (C=O) groups excluding carboxylic acids is 1. The van der Waals surface area contributed by atoms with Gasteiger partial charge in [0.2, 0.25) is 0 Å². The van der Waals surface area contributed by atoms with Crippen LogP contribution in [0, 0.1) is 0 Å². The van der Waals surface area contributed by atoms with Crippen molar-refractivity contribution in [3.05, 3.63) is 66.2 Å². The number of hydrogen-bond donors (Lipinski definition) is 0. The third-order valence-electron chi connectivity index (χ3n) is 6.05. The van der Waals surface area contributed by atoms with Gasteiger partial charge in [0.1, 0.15) is 5.69 Å². The number of benzene rings is 2. The second-order valence-corrected chi connectivity index (χ2v) is 7.32. The minimum absolute atomic E-state index is 0.381. The molecule has 0 saturated carbocycles. The fourth-order valence-corrected chi connectivity index (χ4v) is 4.76. The van der Waals surface area contributed by atoms with Crippen LogP contribution in [0.15, 0.2) is 60.7 Å². The molecule has 0 aromatic heterocycles. The van der Waals surface area contributed by atoms with Gasteiger partial charge >= 0.3 is 5.91 Å². The Labute approximate surface area is 150 Å². The molecule has 0 N–H and O–H groups in total. The molecule has 3 atom stereocenters. The minimum atomic E-state index is 0.381. The maximum absolute atomic E-state index is 12.9. The number of hydrogen-bond acceptors (Lipinski definition) is 2. The average Bonchev–Trinajstić information content (AvgIpc) is 3.36. The predicted molar refractivity (Wildman–Crippen MR) is 102 cm³/mol. The highest BCUT2D eigenvalue weighted by Crippen LogP contribution is 2.50. The molecule has 0 spiro atoms. The molecule has 2 fully saturated rings. The lowest BCUT2D eigenvalue weighted by Crippen LogP contribution is -2.40. The van der Waals surface area contributed by atoms with E-state index in [0.29, 0.717) is 28.9 Å². The maximum atomic E-state index is 12.9. The maximum Gasteiger partial charge on any atom is 0.319 e. The fraction of sp³-hybridized carbons (Fsp3) is 0.409. The molecule has 2 aromatic carbocycles. The number of quaternary nitrogens is 1. The van der Waals surface area contributed by atoms with Crippen molar-refractivity contribution in [1.29, 1.82) is 0 Å². The van der Waals surface area contributed by atoms with E-state index in [1.807, 2.05) is 13.0 Å². The van der Waals surface area contributed by atoms with Crippen LogP contribution in [0.4, 0.5) is 5.69 Å². The first kappa shape index (κ1) is 16.5. The van der Waals surface area contributed by atoms with Gasteiger partial charge in [-0.25, -0.2) is 9.28 Å². The third kappa shape index (κ3) is 2.82. The largest absolute Gasteiger partial charge is 0.319 e. The van der Waals surface area contributed by atoms with Gasteiger partial charge in [-0.1, -0.05) is 55.5 Å². The van der Waals surface area contributed by atoms with Crippen molar-refractivity contribution in [2.45, 2.75) is 38.3 Å². The lowest BCUT2D eigenvalue weighted by Gasteiger charge is -2.22. The van der Waals surface area contributed by atoms with Crippen LogP contribution in [0.3, 0.4) is 0 Å². The Balaban J connectivity index is 1.48. The van der Waals surface area contributed by atoms with Gasteiger partial charge in [0.05, 0.1) is 13.0 Å². The van der Waals surface area contributed by atoms with Gasteiger partial charge in [-0.05, 0) is 24.1 Å². The van der Waals surface area contributed by atoms with Crippen molar-refractivity contribution in [3.8, 4) is 0 Å². The third-order valence-corrected chi connectivity index (χ3v) is 6.05. The molecule has 130 valence electrons. The summed E-state index contributed by atoms with van der Waals surface area (Å²) in [6.07, 6.45) is 2.83. The highest BCUT2D eigenvalue weighted by molar-refractivity contribution is 5.93. The molecule has 3 unspecified atom stereocenters. The number of likely N-dealkylation sites (tertiary alicyclic amines) is 1. The van der Waals surface area contributed by atoms with Gasteiger partial charge in [0.25, 0.3) is 0 Å². The summed E-state index contributed by atoms with van der Waals surface area (Å²) >= 11 is 0. The molecule has 4 rings (SSSR count). The van der Waals surface area contributed by atoms with Crippen LogP contribution in [0.2, 0.25) is 0 Å². The normalized spacial score (nSPS) is 28.4. The van der Waals surface area contributed by atoms with Crippen molar-refractivity contribution in [3.63, 3.8) is 0 Å². The van der Waals surface area contributed by atoms with E-state index >= 15 is 0 Å². The Kier molecular flexibility index (Phi) is 4.45. The Bertz CT molecular complexity index is 730. The van der Waals surface area contributed by atoms with Crippen LogP contribution >= 0.6 is 0 Å². The molecule has 1 amide bonds. The second kappa shape index (κ2) is 6.74. The Morgan fingerprint density at radius 3 is 2.40 bits per heavy atom. The van der Waals surface area contributed by atoms with Crippen LogP contribution in [0.1, 0.15) is 25.3 Å². The van der Waals surface area contributed by atoms with Crippen LogP contribution in [0.5, 0.6) is 0 Å². The highest BCUT2D eigenvalue weighted by atomic mass is 16.2. The summed E-state index contributed by atoms with van der Waals surface area (Å²) in [4.78, 5) is 15.5. The van der Waals surface area contributed by atoms with Gasteiger partial charge in [-0.15, -0.1) is 0 Å². The summed E-state index contributed by atoms with van der Waals surface area (Å²) in [5.41, 5.74) is 2.59. The number of amides is 1. The Hall–Kier alpha value is -1.97. The monoisotopic (exact) mass is 335 g/mol. The average molecular weight is 335 g/mol. The zero-order chi connectivity index (χ0) is 17.3. The van der Waals surface area contributed by atoms with Crippen molar-refractivity contribution < 1.29 is 4.79 Å². The molecule has 2 heterocycles. The van der Waals surface area contributed by atoms with Gasteiger partial charge in [0.15, 0.2) is 12.1 Å². The van der Waals surface area contributed by atoms with E-state index < -0.39 is 0 Å². The molecule has 0 bridgehead atoms. The van der Waals surface area contributed by atoms with E-state index in [1.165, 1.54) is 11.3 Å². The number of nitrogens with zero attached hydrogens (tertiary/aromatic N) is 2. The predicted octanol–water partition coefficient (Wildman–Crippen LogP) is 3.63. The standard InChI is InChI=1S/C22H27N2O/c1-2-22(25)24(19-11-7-4-8-12-19)20-14-16-23(17-21(20)24)15-13-18-9-5-3-6-10-18/h3-12,20-21H,2,13-17H2,1H3/q+1. The van der Waals surface area contributed by atoms with Gasteiger partial charge < -0.3 is 0 Å². The minimum Gasteiger partial charge on any atom is -0.297 e. The number of fused-ring (bicyclic) bond motifs is 1. The molecule has 3 heteroatoms. The van der Waals surface area contributed by atoms with E-state index in [-0.39, 0.29) is 0 Å². The van der Waals surface area contributed by atoms with Crippen LogP contribution in [-0.4, -0.2) is 42.5 Å². The second-order valence-electron chi connectivity index (χ2n) is 7.32. The van der Waals surface area contributed by atoms with E-state index in [9.17, 15) is 4.79 Å². The molecule has 2 aromatic rings. The van der Waals surface area contributed by atoms with Crippen molar-refractivity contribution in [1.82, 2.24) is 9.38 Å². The fourth-order valence-electron chi connectivity index (χ4n) is 4.76. The number of carbonyl (C=O) groups is 1. The Morgan fingerprint density at radius 2 is 1.72 bits per heavy atom. The molecule has 0 radical (unpaired) electrons. The molecule has 2 aliphatic rings. The first-order valence-corrected chi connectivity index (χ1v) is 9.50. The molecule has 3 nitrogen and oxygen atoms in total. The topological polar surface area (TPSA) is 20.3 Å². The van der Waals surface area contributed by atoms with Crippen LogP contribution < -0.4 is 4.48 Å². The van der Waals surface area contributed by atoms with Gasteiger partial charge in [-0.3, -0.25) is 4.90 Å². The Morgan fingerprint density at radius 1 is 1.04 bits per heavy atom. The summed E-state index contributed by atoms with van der Waals surface area (Å²) in [6.45, 7) is 5.24. The quantitative estimate of drug-likeness (QED) is 0.614. The van der Waals surface area contributed by atoms with Crippen molar-refractivity contribution in [2.75, 3.05) is 19.6 Å². The van der Waals surface area contributed by atoms with E-state index in [2.05, 4.69) is 59.5 Å². The van der Waals surface area contributed by atoms with E-state index in [0.717, 1.165) is 32.5 Å². The molecular formula is C22H27N2O+. The van der Waals surface area contributed by atoms with Crippen LogP contribution in [0.25, 0.3) is 0 Å². The summed E-state index contributed by atoms with van der Waals surface area (Å²) in [6, 6.07) is 22.1. The van der Waals surface area contributed by atoms with Crippen molar-refractivity contribution >= 4 is 11.6 Å². The lowest BCUT2D eigenvalue weighted by molar-refractivity contribution is -0.125. The summed E-state index contributed by atoms with van der Waals surface area (Å²) in [5, 5.41) is 0. The molecule has 2 saturated heterocycles. The molecular weight excluding hydrogens is 308 g/mol. The van der Waals surface area contributed by atoms with E-state index in [4.69, 9.17) is 0 Å². The summed E-state index contributed by atoms with van der Waals surface area (Å²) in [5.74, 6) is 0.381. The number of piperidine rings is 1. The van der Waals surface area contributed by atoms with Crippen LogP contribution in [-0.2, 0) is 11.2 Å². The molecule has 25 heavy (non-hydrogen) atoms. The smallest absolute Gasteiger partial charge is 0.297 e. The van der Waals surface area contributed by atoms with Gasteiger partial charge in [-0.2, -0.15) is 0 Å². The highest BCUT2D eigenvalue weighted by Gasteiger charge is 2.72. The lowest BCUT2D eigenvalue weighted by atomic mass is 10.1. The van der Waals surface area contributed by atoms with Crippen molar-refractivity contribution in [2.24, 2.45) is 0 Å². The first-order valence-electron chi connectivity index (χ1n) is 9.50. The zero-order valence-electron chi connectivity index (χ0n) is 15.0. The summed E-state index contributed by atoms with van der Waals surface area (Å²) in [7, 11) is 0. The van der Waals surface area contributed by atoms with E-state index in [1.54, 1.807) is 0 Å². The summed E-state index contributed by atoms with van der Waals surface area (Å²) < 4.78 is 0.596. The zero-order valence-corrected chi connectivity index (χ0v) is 15.0. The SMILES string of the molecule is CCC(=O)[N+]1(c2ccccc2)C2CCN(CCc3ccccc3)CC21. The molecule has 0 aliphatic carbocycles. The number of rotatable bonds is 5.